The van der Waals surface area contributed by atoms with Gasteiger partial charge >= 0.3 is 5.97 Å². The van der Waals surface area contributed by atoms with Crippen LogP contribution in [0.15, 0.2) is 35.9 Å². The van der Waals surface area contributed by atoms with E-state index in [1.54, 1.807) is 23.1 Å². The van der Waals surface area contributed by atoms with Crippen LogP contribution in [-0.2, 0) is 14.3 Å². The van der Waals surface area contributed by atoms with Crippen LogP contribution in [0.1, 0.15) is 29.5 Å². The summed E-state index contributed by atoms with van der Waals surface area (Å²) in [6.45, 7) is 5.97. The van der Waals surface area contributed by atoms with Gasteiger partial charge in [-0.1, -0.05) is 17.7 Å². The van der Waals surface area contributed by atoms with Gasteiger partial charge in [0, 0.05) is 24.5 Å². The third-order valence-electron chi connectivity index (χ3n) is 5.58. The summed E-state index contributed by atoms with van der Waals surface area (Å²) in [5.41, 5.74) is 2.45. The van der Waals surface area contributed by atoms with E-state index in [1.165, 1.54) is 13.2 Å². The predicted octanol–water partition coefficient (Wildman–Crippen LogP) is 4.50. The lowest BCUT2D eigenvalue weighted by molar-refractivity contribution is -0.134. The van der Waals surface area contributed by atoms with Crippen molar-refractivity contribution in [2.24, 2.45) is 0 Å². The lowest BCUT2D eigenvalue weighted by Gasteiger charge is -2.26. The van der Waals surface area contributed by atoms with E-state index in [4.69, 9.17) is 30.5 Å². The molecule has 0 aliphatic carbocycles. The number of ether oxygens (including phenoxy) is 4. The molecule has 0 saturated carbocycles. The number of carbonyl (C=O) groups is 2. The smallest absolute Gasteiger partial charge is 0.311 e. The Labute approximate surface area is 216 Å². The van der Waals surface area contributed by atoms with Crippen LogP contribution in [0, 0.1) is 25.2 Å². The quantitative estimate of drug-likeness (QED) is 0.160. The van der Waals surface area contributed by atoms with Crippen LogP contribution >= 0.6 is 11.6 Å². The second-order valence-corrected chi connectivity index (χ2v) is 8.66. The fraction of sp³-hybridized carbons (Fsp3) is 0.370. The van der Waals surface area contributed by atoms with Crippen molar-refractivity contribution in [1.82, 2.24) is 4.90 Å². The predicted molar refractivity (Wildman–Crippen MR) is 135 cm³/mol. The number of carbonyl (C=O) groups excluding carboxylic acids is 2. The van der Waals surface area contributed by atoms with E-state index < -0.39 is 5.97 Å². The zero-order chi connectivity index (χ0) is 26.1. The second-order valence-electron chi connectivity index (χ2n) is 8.28. The van der Waals surface area contributed by atoms with Crippen LogP contribution in [0.4, 0.5) is 0 Å². The first-order valence-electron chi connectivity index (χ1n) is 11.6. The van der Waals surface area contributed by atoms with Crippen molar-refractivity contribution in [2.75, 3.05) is 40.0 Å². The van der Waals surface area contributed by atoms with Crippen LogP contribution in [-0.4, -0.2) is 56.8 Å². The van der Waals surface area contributed by atoms with Gasteiger partial charge in [0.1, 0.15) is 17.4 Å². The standard InChI is InChI=1S/C27H29ClN2O6/c1-18-13-22(14-19(2)26(18)28)35-10-4-5-25(31)36-23-7-6-20(16-24(23)33-3)15-21(17-29)27(32)30-8-11-34-12-9-30/h6-7,13-16H,4-5,8-12H2,1-3H3/b21-15+. The number of benzene rings is 2. The van der Waals surface area contributed by atoms with Gasteiger partial charge in [0.25, 0.3) is 5.91 Å². The molecule has 0 radical (unpaired) electrons. The number of hydrogen-bond donors (Lipinski definition) is 0. The molecule has 1 saturated heterocycles. The number of hydrogen-bond acceptors (Lipinski definition) is 7. The molecule has 36 heavy (non-hydrogen) atoms. The molecule has 0 spiro atoms. The van der Waals surface area contributed by atoms with Gasteiger partial charge < -0.3 is 23.8 Å². The molecule has 190 valence electrons. The molecule has 1 fully saturated rings. The van der Waals surface area contributed by atoms with E-state index >= 15 is 0 Å². The molecule has 1 aliphatic rings. The number of aryl methyl sites for hydroxylation is 2. The Hall–Kier alpha value is -3.54. The molecular formula is C27H29ClN2O6. The van der Waals surface area contributed by atoms with Crippen LogP contribution in [0.3, 0.4) is 0 Å². The van der Waals surface area contributed by atoms with Gasteiger partial charge in [-0.05, 0) is 67.3 Å². The topological polar surface area (TPSA) is 98.1 Å². The number of nitriles is 1. The van der Waals surface area contributed by atoms with Gasteiger partial charge in [0.15, 0.2) is 11.5 Å². The number of rotatable bonds is 9. The molecule has 0 atom stereocenters. The van der Waals surface area contributed by atoms with Crippen molar-refractivity contribution in [2.45, 2.75) is 26.7 Å². The van der Waals surface area contributed by atoms with Crippen LogP contribution in [0.25, 0.3) is 6.08 Å². The van der Waals surface area contributed by atoms with Gasteiger partial charge in [-0.2, -0.15) is 5.26 Å². The van der Waals surface area contributed by atoms with Crippen molar-refractivity contribution < 1.29 is 28.5 Å². The summed E-state index contributed by atoms with van der Waals surface area (Å²) in [4.78, 5) is 26.6. The molecule has 1 aliphatic heterocycles. The monoisotopic (exact) mass is 512 g/mol. The molecule has 2 aromatic carbocycles. The fourth-order valence-electron chi connectivity index (χ4n) is 3.67. The van der Waals surface area contributed by atoms with E-state index in [0.29, 0.717) is 61.4 Å². The minimum absolute atomic E-state index is 0.00905. The van der Waals surface area contributed by atoms with Crippen molar-refractivity contribution >= 4 is 29.6 Å². The number of nitrogens with zero attached hydrogens (tertiary/aromatic N) is 2. The number of methoxy groups -OCH3 is 1. The molecule has 0 unspecified atom stereocenters. The number of amides is 1. The molecule has 0 bridgehead atoms. The van der Waals surface area contributed by atoms with Crippen molar-refractivity contribution in [3.05, 3.63) is 57.6 Å². The molecule has 0 aromatic heterocycles. The van der Waals surface area contributed by atoms with E-state index in [9.17, 15) is 14.9 Å². The maximum atomic E-state index is 12.6. The Bertz CT molecular complexity index is 1160. The SMILES string of the molecule is COc1cc(/C=C(\C#N)C(=O)N2CCOCC2)ccc1OC(=O)CCCOc1cc(C)c(Cl)c(C)c1. The summed E-state index contributed by atoms with van der Waals surface area (Å²) in [6, 6.07) is 10.5. The van der Waals surface area contributed by atoms with Crippen molar-refractivity contribution in [1.29, 1.82) is 5.26 Å². The highest BCUT2D eigenvalue weighted by molar-refractivity contribution is 6.32. The van der Waals surface area contributed by atoms with Crippen molar-refractivity contribution in [3.63, 3.8) is 0 Å². The van der Waals surface area contributed by atoms with E-state index in [2.05, 4.69) is 0 Å². The van der Waals surface area contributed by atoms with E-state index in [0.717, 1.165) is 11.1 Å². The van der Waals surface area contributed by atoms with Gasteiger partial charge in [0.2, 0.25) is 0 Å². The first-order valence-corrected chi connectivity index (χ1v) is 12.0. The molecule has 2 aromatic rings. The Morgan fingerprint density at radius 3 is 2.47 bits per heavy atom. The third kappa shape index (κ3) is 7.23. The summed E-state index contributed by atoms with van der Waals surface area (Å²) in [5.74, 6) is 0.501. The highest BCUT2D eigenvalue weighted by atomic mass is 35.5. The Morgan fingerprint density at radius 2 is 1.83 bits per heavy atom. The van der Waals surface area contributed by atoms with E-state index in [-0.39, 0.29) is 23.7 Å². The first-order chi connectivity index (χ1) is 17.3. The lowest BCUT2D eigenvalue weighted by Crippen LogP contribution is -2.41. The molecular weight excluding hydrogens is 484 g/mol. The summed E-state index contributed by atoms with van der Waals surface area (Å²) in [7, 11) is 1.45. The second kappa shape index (κ2) is 13.0. The summed E-state index contributed by atoms with van der Waals surface area (Å²) in [5, 5.41) is 10.2. The summed E-state index contributed by atoms with van der Waals surface area (Å²) >= 11 is 6.18. The normalized spacial score (nSPS) is 13.6. The van der Waals surface area contributed by atoms with Gasteiger partial charge in [0.05, 0.1) is 26.9 Å². The highest BCUT2D eigenvalue weighted by Crippen LogP contribution is 2.30. The minimum atomic E-state index is -0.427. The Morgan fingerprint density at radius 1 is 1.14 bits per heavy atom. The molecule has 9 heteroatoms. The van der Waals surface area contributed by atoms with Crippen molar-refractivity contribution in [3.8, 4) is 23.3 Å². The van der Waals surface area contributed by atoms with Gasteiger partial charge in [-0.3, -0.25) is 9.59 Å². The minimum Gasteiger partial charge on any atom is -0.494 e. The lowest BCUT2D eigenvalue weighted by atomic mass is 10.1. The van der Waals surface area contributed by atoms with Crippen LogP contribution in [0.2, 0.25) is 5.02 Å². The molecule has 3 rings (SSSR count). The molecule has 1 heterocycles. The summed E-state index contributed by atoms with van der Waals surface area (Å²) in [6.07, 6.45) is 2.12. The van der Waals surface area contributed by atoms with Gasteiger partial charge in [-0.15, -0.1) is 0 Å². The average molecular weight is 513 g/mol. The largest absolute Gasteiger partial charge is 0.494 e. The maximum Gasteiger partial charge on any atom is 0.311 e. The maximum absolute atomic E-state index is 12.6. The van der Waals surface area contributed by atoms with Crippen LogP contribution in [0.5, 0.6) is 17.2 Å². The highest BCUT2D eigenvalue weighted by Gasteiger charge is 2.21. The summed E-state index contributed by atoms with van der Waals surface area (Å²) < 4.78 is 21.8. The number of morpholine rings is 1. The molecule has 8 nitrogen and oxygen atoms in total. The average Bonchev–Trinajstić information content (AvgIpc) is 2.89. The Kier molecular flexibility index (Phi) is 9.74. The number of esters is 1. The van der Waals surface area contributed by atoms with Gasteiger partial charge in [-0.25, -0.2) is 0 Å². The third-order valence-corrected chi connectivity index (χ3v) is 6.17. The zero-order valence-corrected chi connectivity index (χ0v) is 21.4. The zero-order valence-electron chi connectivity index (χ0n) is 20.6. The fourth-order valence-corrected chi connectivity index (χ4v) is 3.78. The molecule has 0 N–H and O–H groups in total. The Balaban J connectivity index is 1.56. The first kappa shape index (κ1) is 27.1. The van der Waals surface area contributed by atoms with Crippen LogP contribution < -0.4 is 14.2 Å². The van der Waals surface area contributed by atoms with E-state index in [1.807, 2.05) is 32.0 Å². The number of halogens is 1. The molecule has 1 amide bonds.